The number of likely N-dealkylation sites (N-methyl/N-ethyl adjacent to an activating group) is 1. The molecule has 0 spiro atoms. The first-order valence-corrected chi connectivity index (χ1v) is 10.0. The van der Waals surface area contributed by atoms with Crippen LogP contribution in [0.5, 0.6) is 0 Å². The van der Waals surface area contributed by atoms with E-state index in [1.165, 1.54) is 0 Å². The van der Waals surface area contributed by atoms with Crippen LogP contribution >= 0.6 is 0 Å². The highest BCUT2D eigenvalue weighted by molar-refractivity contribution is 5.91. The van der Waals surface area contributed by atoms with Gasteiger partial charge in [0.05, 0.1) is 0 Å². The molecule has 1 aromatic rings. The number of likely N-dealkylation sites (tertiary alicyclic amines) is 1. The predicted octanol–water partition coefficient (Wildman–Crippen LogP) is 1.60. The number of nitrogens with one attached hydrogen (secondary N) is 2. The Morgan fingerprint density at radius 2 is 1.89 bits per heavy atom. The van der Waals surface area contributed by atoms with Gasteiger partial charge in [-0.25, -0.2) is 4.79 Å². The summed E-state index contributed by atoms with van der Waals surface area (Å²) in [6, 6.07) is 3.50. The summed E-state index contributed by atoms with van der Waals surface area (Å²) in [4.78, 5) is 28.9. The molecule has 0 bridgehead atoms. The van der Waals surface area contributed by atoms with E-state index in [2.05, 4.69) is 29.6 Å². The maximum absolute atomic E-state index is 12.6. The third-order valence-corrected chi connectivity index (χ3v) is 6.02. The Kier molecular flexibility index (Phi) is 6.61. The smallest absolute Gasteiger partial charge is 0.317 e. The fourth-order valence-corrected chi connectivity index (χ4v) is 3.93. The monoisotopic (exact) mass is 392 g/mol. The number of furan rings is 1. The summed E-state index contributed by atoms with van der Waals surface area (Å²) in [5.41, 5.74) is -0.0403. The molecule has 156 valence electrons. The van der Waals surface area contributed by atoms with E-state index in [0.717, 1.165) is 44.7 Å². The van der Waals surface area contributed by atoms with E-state index < -0.39 is 0 Å². The first kappa shape index (κ1) is 20.7. The van der Waals surface area contributed by atoms with Gasteiger partial charge in [0, 0.05) is 44.4 Å². The van der Waals surface area contributed by atoms with Crippen molar-refractivity contribution in [3.05, 3.63) is 23.7 Å². The highest BCUT2D eigenvalue weighted by Gasteiger charge is 2.35. The van der Waals surface area contributed by atoms with Gasteiger partial charge in [-0.1, -0.05) is 0 Å². The van der Waals surface area contributed by atoms with Crippen LogP contribution in [-0.4, -0.2) is 80.3 Å². The average Bonchev–Trinajstić information content (AvgIpc) is 3.14. The molecule has 2 saturated heterocycles. The van der Waals surface area contributed by atoms with E-state index in [1.54, 1.807) is 12.1 Å². The van der Waals surface area contributed by atoms with Crippen molar-refractivity contribution in [3.63, 3.8) is 0 Å². The van der Waals surface area contributed by atoms with Crippen molar-refractivity contribution < 1.29 is 18.7 Å². The lowest BCUT2D eigenvalue weighted by Gasteiger charge is -2.43. The molecular formula is C20H32N4O4. The third-order valence-electron chi connectivity index (χ3n) is 6.02. The van der Waals surface area contributed by atoms with Gasteiger partial charge in [-0.2, -0.15) is 0 Å². The maximum atomic E-state index is 12.6. The van der Waals surface area contributed by atoms with Crippen LogP contribution in [0.25, 0.3) is 0 Å². The molecule has 8 heteroatoms. The molecule has 3 rings (SSSR count). The van der Waals surface area contributed by atoms with Crippen molar-refractivity contribution in [2.24, 2.45) is 0 Å². The normalized spacial score (nSPS) is 20.2. The van der Waals surface area contributed by atoms with E-state index >= 15 is 0 Å². The van der Waals surface area contributed by atoms with Gasteiger partial charge >= 0.3 is 6.03 Å². The lowest BCUT2D eigenvalue weighted by atomic mass is 9.88. The predicted molar refractivity (Wildman–Crippen MR) is 105 cm³/mol. The number of piperidine rings is 1. The minimum Gasteiger partial charge on any atom is -0.456 e. The third kappa shape index (κ3) is 4.86. The summed E-state index contributed by atoms with van der Waals surface area (Å²) in [7, 11) is 4.12. The first-order chi connectivity index (χ1) is 13.4. The van der Waals surface area contributed by atoms with E-state index in [4.69, 9.17) is 9.15 Å². The number of nitrogens with zero attached hydrogens (tertiary/aromatic N) is 2. The Labute approximate surface area is 166 Å². The summed E-state index contributed by atoms with van der Waals surface area (Å²) in [6.45, 7) is 5.16. The molecule has 0 radical (unpaired) electrons. The van der Waals surface area contributed by atoms with Gasteiger partial charge < -0.3 is 29.6 Å². The largest absolute Gasteiger partial charge is 0.456 e. The Bertz CT molecular complexity index is 674. The number of hydrogen-bond acceptors (Lipinski definition) is 5. The topological polar surface area (TPSA) is 87.1 Å². The van der Waals surface area contributed by atoms with Gasteiger partial charge in [-0.15, -0.1) is 0 Å². The zero-order valence-electron chi connectivity index (χ0n) is 17.1. The van der Waals surface area contributed by atoms with Crippen LogP contribution in [0.3, 0.4) is 0 Å². The first-order valence-electron chi connectivity index (χ1n) is 10.0. The Morgan fingerprint density at radius 1 is 1.21 bits per heavy atom. The maximum Gasteiger partial charge on any atom is 0.317 e. The second-order valence-corrected chi connectivity index (χ2v) is 8.03. The van der Waals surface area contributed by atoms with E-state index in [9.17, 15) is 9.59 Å². The Morgan fingerprint density at radius 3 is 2.46 bits per heavy atom. The molecular weight excluding hydrogens is 360 g/mol. The number of urea groups is 1. The van der Waals surface area contributed by atoms with Crippen LogP contribution in [0, 0.1) is 6.92 Å². The highest BCUT2D eigenvalue weighted by atomic mass is 16.5. The SMILES string of the molecule is Cc1ccc(C(=O)NC2CCN(C(=O)NCC3(N(C)C)CCOCC3)CC2)o1. The van der Waals surface area contributed by atoms with E-state index in [-0.39, 0.29) is 23.5 Å². The molecule has 2 fully saturated rings. The van der Waals surface area contributed by atoms with Crippen LogP contribution in [0.1, 0.15) is 42.0 Å². The molecule has 0 unspecified atom stereocenters. The van der Waals surface area contributed by atoms with Gasteiger partial charge in [-0.05, 0) is 58.8 Å². The molecule has 0 atom stereocenters. The summed E-state index contributed by atoms with van der Waals surface area (Å²) >= 11 is 0. The van der Waals surface area contributed by atoms with Crippen LogP contribution < -0.4 is 10.6 Å². The highest BCUT2D eigenvalue weighted by Crippen LogP contribution is 2.25. The molecule has 3 heterocycles. The average molecular weight is 393 g/mol. The number of carbonyl (C=O) groups is 2. The van der Waals surface area contributed by atoms with E-state index in [0.29, 0.717) is 25.4 Å². The van der Waals surface area contributed by atoms with Gasteiger partial charge in [0.1, 0.15) is 5.76 Å². The summed E-state index contributed by atoms with van der Waals surface area (Å²) < 4.78 is 10.8. The molecule has 1 aromatic heterocycles. The fraction of sp³-hybridized carbons (Fsp3) is 0.700. The summed E-state index contributed by atoms with van der Waals surface area (Å²) in [5, 5.41) is 6.12. The van der Waals surface area contributed by atoms with Crippen molar-refractivity contribution in [1.29, 1.82) is 0 Å². The molecule has 28 heavy (non-hydrogen) atoms. The van der Waals surface area contributed by atoms with Crippen LogP contribution in [-0.2, 0) is 4.74 Å². The zero-order valence-corrected chi connectivity index (χ0v) is 17.1. The summed E-state index contributed by atoms with van der Waals surface area (Å²) in [6.07, 6.45) is 3.32. The van der Waals surface area contributed by atoms with Gasteiger partial charge in [0.15, 0.2) is 5.76 Å². The molecule has 2 aliphatic rings. The van der Waals surface area contributed by atoms with Crippen molar-refractivity contribution in [2.75, 3.05) is 46.9 Å². The number of carbonyl (C=O) groups excluding carboxylic acids is 2. The lowest BCUT2D eigenvalue weighted by molar-refractivity contribution is -0.00632. The Balaban J connectivity index is 1.44. The molecule has 0 aromatic carbocycles. The minimum atomic E-state index is -0.191. The second-order valence-electron chi connectivity index (χ2n) is 8.03. The van der Waals surface area contributed by atoms with Crippen LogP contribution in [0.15, 0.2) is 16.5 Å². The second kappa shape index (κ2) is 8.96. The number of ether oxygens (including phenoxy) is 1. The van der Waals surface area contributed by atoms with Gasteiger partial charge in [-0.3, -0.25) is 4.79 Å². The van der Waals surface area contributed by atoms with Crippen LogP contribution in [0.2, 0.25) is 0 Å². The molecule has 2 aliphatic heterocycles. The van der Waals surface area contributed by atoms with E-state index in [1.807, 2.05) is 11.8 Å². The van der Waals surface area contributed by atoms with Crippen molar-refractivity contribution in [1.82, 2.24) is 20.4 Å². The molecule has 2 N–H and O–H groups in total. The number of rotatable bonds is 5. The molecule has 8 nitrogen and oxygen atoms in total. The Hall–Kier alpha value is -2.06. The van der Waals surface area contributed by atoms with Gasteiger partial charge in [0.25, 0.3) is 5.91 Å². The number of amides is 3. The standard InChI is InChI=1S/C20H32N4O4/c1-15-4-5-17(28-15)18(25)22-16-6-10-24(11-7-16)19(26)21-14-20(23(2)3)8-12-27-13-9-20/h4-5,16H,6-14H2,1-3H3,(H,21,26)(H,22,25). The van der Waals surface area contributed by atoms with Gasteiger partial charge in [0.2, 0.25) is 0 Å². The molecule has 3 amide bonds. The van der Waals surface area contributed by atoms with Crippen LogP contribution in [0.4, 0.5) is 4.79 Å². The number of hydrogen-bond donors (Lipinski definition) is 2. The van der Waals surface area contributed by atoms with Crippen molar-refractivity contribution >= 4 is 11.9 Å². The van der Waals surface area contributed by atoms with Crippen molar-refractivity contribution in [3.8, 4) is 0 Å². The molecule has 0 saturated carbocycles. The minimum absolute atomic E-state index is 0.0286. The number of aryl methyl sites for hydroxylation is 1. The zero-order chi connectivity index (χ0) is 20.1. The lowest BCUT2D eigenvalue weighted by Crippen LogP contribution is -2.58. The molecule has 0 aliphatic carbocycles. The fourth-order valence-electron chi connectivity index (χ4n) is 3.93. The quantitative estimate of drug-likeness (QED) is 0.795. The summed E-state index contributed by atoms with van der Waals surface area (Å²) in [5.74, 6) is 0.864. The van der Waals surface area contributed by atoms with Crippen molar-refractivity contribution in [2.45, 2.75) is 44.2 Å².